The third kappa shape index (κ3) is 6.01. The summed E-state index contributed by atoms with van der Waals surface area (Å²) in [5.74, 6) is -1.38. The van der Waals surface area contributed by atoms with Crippen molar-refractivity contribution in [2.24, 2.45) is 0 Å². The quantitative estimate of drug-likeness (QED) is 0.334. The van der Waals surface area contributed by atoms with E-state index in [-0.39, 0.29) is 36.1 Å². The van der Waals surface area contributed by atoms with E-state index in [1.807, 2.05) is 30.3 Å². The van der Waals surface area contributed by atoms with Gasteiger partial charge in [0.25, 0.3) is 11.6 Å². The number of aliphatic hydroxyl groups is 1. The molecule has 1 amide bonds. The number of amides is 1. The van der Waals surface area contributed by atoms with Crippen molar-refractivity contribution in [3.8, 4) is 0 Å². The summed E-state index contributed by atoms with van der Waals surface area (Å²) in [6.07, 6.45) is -1.11. The second-order valence-corrected chi connectivity index (χ2v) is 6.33. The van der Waals surface area contributed by atoms with Crippen molar-refractivity contribution < 1.29 is 24.4 Å². The van der Waals surface area contributed by atoms with Gasteiger partial charge in [-0.1, -0.05) is 30.3 Å². The van der Waals surface area contributed by atoms with Crippen LogP contribution in [-0.2, 0) is 9.53 Å². The average molecular weight is 401 g/mol. The number of nitrogens with one attached hydrogen (secondary N) is 2. The van der Waals surface area contributed by atoms with Crippen molar-refractivity contribution >= 4 is 23.3 Å². The maximum absolute atomic E-state index is 12.5. The normalized spacial score (nSPS) is 12.5. The maximum Gasteiger partial charge on any atom is 0.341 e. The Bertz CT molecular complexity index is 872. The van der Waals surface area contributed by atoms with Gasteiger partial charge >= 0.3 is 5.97 Å². The Morgan fingerprint density at radius 1 is 1.17 bits per heavy atom. The number of carbonyl (C=O) groups is 2. The lowest BCUT2D eigenvalue weighted by Gasteiger charge is -2.19. The number of nitro groups is 1. The van der Waals surface area contributed by atoms with Crippen LogP contribution in [0.5, 0.6) is 0 Å². The van der Waals surface area contributed by atoms with Crippen LogP contribution in [0.4, 0.5) is 11.4 Å². The number of aliphatic hydroxyl groups excluding tert-OH is 1. The van der Waals surface area contributed by atoms with Gasteiger partial charge in [-0.05, 0) is 25.5 Å². The highest BCUT2D eigenvalue weighted by molar-refractivity contribution is 5.98. The molecule has 2 aromatic rings. The van der Waals surface area contributed by atoms with Crippen LogP contribution in [0.15, 0.2) is 48.5 Å². The van der Waals surface area contributed by atoms with E-state index in [0.29, 0.717) is 0 Å². The Hall–Kier alpha value is -3.46. The van der Waals surface area contributed by atoms with Crippen LogP contribution in [0.1, 0.15) is 35.8 Å². The molecule has 0 heterocycles. The van der Waals surface area contributed by atoms with E-state index in [4.69, 9.17) is 9.84 Å². The molecule has 2 rings (SSSR count). The molecule has 0 unspecified atom stereocenters. The molecule has 2 aromatic carbocycles. The minimum absolute atomic E-state index is 0.0941. The average Bonchev–Trinajstić information content (AvgIpc) is 2.72. The van der Waals surface area contributed by atoms with E-state index in [1.165, 1.54) is 19.1 Å². The molecule has 9 heteroatoms. The standard InChI is InChI=1S/C20H23N3O6/c1-13(15-6-4-3-5-7-15)22-19(25)14(2)29-20(26)17-12-16(23(27)28)8-9-18(17)21-10-11-24/h3-9,12-14,21,24H,10-11H2,1-2H3,(H,22,25)/t13-,14+/m0/s1. The van der Waals surface area contributed by atoms with Gasteiger partial charge in [0, 0.05) is 24.4 Å². The Kier molecular flexibility index (Phi) is 7.67. The minimum atomic E-state index is -1.11. The third-order valence-electron chi connectivity index (χ3n) is 4.17. The second-order valence-electron chi connectivity index (χ2n) is 6.33. The molecule has 0 aliphatic carbocycles. The number of nitrogens with zero attached hydrogens (tertiary/aromatic N) is 1. The maximum atomic E-state index is 12.5. The first-order valence-electron chi connectivity index (χ1n) is 9.03. The summed E-state index contributed by atoms with van der Waals surface area (Å²) in [6.45, 7) is 3.17. The van der Waals surface area contributed by atoms with E-state index in [2.05, 4.69) is 10.6 Å². The van der Waals surface area contributed by atoms with Crippen LogP contribution in [-0.4, -0.2) is 41.2 Å². The van der Waals surface area contributed by atoms with E-state index in [9.17, 15) is 19.7 Å². The number of non-ortho nitro benzene ring substituents is 1. The van der Waals surface area contributed by atoms with Crippen LogP contribution in [0.25, 0.3) is 0 Å². The molecular weight excluding hydrogens is 378 g/mol. The van der Waals surface area contributed by atoms with Crippen molar-refractivity contribution in [3.63, 3.8) is 0 Å². The number of ether oxygens (including phenoxy) is 1. The Morgan fingerprint density at radius 2 is 1.86 bits per heavy atom. The lowest BCUT2D eigenvalue weighted by atomic mass is 10.1. The Labute approximate surface area is 167 Å². The smallest absolute Gasteiger partial charge is 0.341 e. The highest BCUT2D eigenvalue weighted by Gasteiger charge is 2.24. The highest BCUT2D eigenvalue weighted by atomic mass is 16.6. The molecule has 0 fully saturated rings. The van der Waals surface area contributed by atoms with Crippen molar-refractivity contribution in [2.75, 3.05) is 18.5 Å². The van der Waals surface area contributed by atoms with E-state index in [0.717, 1.165) is 11.6 Å². The van der Waals surface area contributed by atoms with Crippen molar-refractivity contribution in [2.45, 2.75) is 26.0 Å². The number of esters is 1. The molecule has 0 bridgehead atoms. The van der Waals surface area contributed by atoms with Gasteiger partial charge in [-0.15, -0.1) is 0 Å². The molecular formula is C20H23N3O6. The lowest BCUT2D eigenvalue weighted by molar-refractivity contribution is -0.384. The number of anilines is 1. The van der Waals surface area contributed by atoms with Gasteiger partial charge in [-0.25, -0.2) is 4.79 Å². The number of carbonyl (C=O) groups excluding carboxylic acids is 2. The predicted octanol–water partition coefficient (Wildman–Crippen LogP) is 2.42. The summed E-state index contributed by atoms with van der Waals surface area (Å²) in [6, 6.07) is 12.7. The van der Waals surface area contributed by atoms with Crippen molar-refractivity contribution in [1.82, 2.24) is 5.32 Å². The number of hydrogen-bond acceptors (Lipinski definition) is 7. The van der Waals surface area contributed by atoms with Crippen LogP contribution < -0.4 is 10.6 Å². The fourth-order valence-electron chi connectivity index (χ4n) is 2.59. The monoisotopic (exact) mass is 401 g/mol. The zero-order chi connectivity index (χ0) is 21.4. The van der Waals surface area contributed by atoms with E-state index in [1.54, 1.807) is 6.92 Å². The van der Waals surface area contributed by atoms with Crippen molar-refractivity contribution in [1.29, 1.82) is 0 Å². The third-order valence-corrected chi connectivity index (χ3v) is 4.17. The molecule has 9 nitrogen and oxygen atoms in total. The molecule has 3 N–H and O–H groups in total. The topological polar surface area (TPSA) is 131 Å². The summed E-state index contributed by atoms with van der Waals surface area (Å²) < 4.78 is 5.21. The second kappa shape index (κ2) is 10.2. The summed E-state index contributed by atoms with van der Waals surface area (Å²) in [5.41, 5.74) is 0.776. The highest BCUT2D eigenvalue weighted by Crippen LogP contribution is 2.23. The van der Waals surface area contributed by atoms with Crippen LogP contribution in [0.2, 0.25) is 0 Å². The van der Waals surface area contributed by atoms with Gasteiger partial charge in [-0.2, -0.15) is 0 Å². The van der Waals surface area contributed by atoms with Crippen LogP contribution >= 0.6 is 0 Å². The van der Waals surface area contributed by atoms with Crippen molar-refractivity contribution in [3.05, 3.63) is 69.8 Å². The molecule has 154 valence electrons. The van der Waals surface area contributed by atoms with Gasteiger partial charge < -0.3 is 20.5 Å². The van der Waals surface area contributed by atoms with Gasteiger partial charge in [0.2, 0.25) is 0 Å². The summed E-state index contributed by atoms with van der Waals surface area (Å²) in [5, 5.41) is 25.5. The number of benzene rings is 2. The zero-order valence-corrected chi connectivity index (χ0v) is 16.1. The Morgan fingerprint density at radius 3 is 2.48 bits per heavy atom. The molecule has 0 saturated carbocycles. The molecule has 0 spiro atoms. The summed E-state index contributed by atoms with van der Waals surface area (Å²) in [7, 11) is 0. The van der Waals surface area contributed by atoms with Gasteiger partial charge in [0.05, 0.1) is 23.1 Å². The zero-order valence-electron chi connectivity index (χ0n) is 16.1. The first-order valence-corrected chi connectivity index (χ1v) is 9.03. The number of nitro benzene ring substituents is 1. The molecule has 2 atom stereocenters. The molecule has 0 aliphatic rings. The van der Waals surface area contributed by atoms with E-state index >= 15 is 0 Å². The van der Waals surface area contributed by atoms with Gasteiger partial charge in [0.1, 0.15) is 0 Å². The van der Waals surface area contributed by atoms with Gasteiger partial charge in [0.15, 0.2) is 6.10 Å². The van der Waals surface area contributed by atoms with Crippen LogP contribution in [0, 0.1) is 10.1 Å². The summed E-state index contributed by atoms with van der Waals surface area (Å²) >= 11 is 0. The largest absolute Gasteiger partial charge is 0.449 e. The Balaban J connectivity index is 2.10. The molecule has 29 heavy (non-hydrogen) atoms. The first-order chi connectivity index (χ1) is 13.8. The van der Waals surface area contributed by atoms with Gasteiger partial charge in [-0.3, -0.25) is 14.9 Å². The number of hydrogen-bond donors (Lipinski definition) is 3. The summed E-state index contributed by atoms with van der Waals surface area (Å²) in [4.78, 5) is 35.3. The fourth-order valence-corrected chi connectivity index (χ4v) is 2.59. The SMILES string of the molecule is C[C@H](NC(=O)[C@@H](C)OC(=O)c1cc([N+](=O)[O-])ccc1NCCO)c1ccccc1. The van der Waals surface area contributed by atoms with Crippen LogP contribution in [0.3, 0.4) is 0 Å². The molecule has 0 saturated heterocycles. The minimum Gasteiger partial charge on any atom is -0.449 e. The van der Waals surface area contributed by atoms with E-state index < -0.39 is 22.9 Å². The first kappa shape index (κ1) is 21.8. The predicted molar refractivity (Wildman–Crippen MR) is 107 cm³/mol. The molecule has 0 radical (unpaired) electrons. The lowest BCUT2D eigenvalue weighted by Crippen LogP contribution is -2.37. The molecule has 0 aromatic heterocycles. The molecule has 0 aliphatic heterocycles. The number of rotatable bonds is 9. The fraction of sp³-hybridized carbons (Fsp3) is 0.300.